The molecule has 3 atom stereocenters. The number of amides is 3. The van der Waals surface area contributed by atoms with Crippen LogP contribution in [-0.4, -0.2) is 53.2 Å². The van der Waals surface area contributed by atoms with E-state index in [0.29, 0.717) is 32.5 Å². The summed E-state index contributed by atoms with van der Waals surface area (Å²) in [6, 6.07) is 8.42. The van der Waals surface area contributed by atoms with Crippen LogP contribution in [0.15, 0.2) is 42.5 Å². The number of aliphatic hydroxyl groups is 1. The van der Waals surface area contributed by atoms with Crippen LogP contribution in [0.3, 0.4) is 0 Å². The number of benzene rings is 2. The van der Waals surface area contributed by atoms with E-state index in [2.05, 4.69) is 28.1 Å². The second-order valence-electron chi connectivity index (χ2n) is 9.53. The molecule has 1 heterocycles. The molecule has 10 heteroatoms. The van der Waals surface area contributed by atoms with Crippen LogP contribution >= 0.6 is 0 Å². The van der Waals surface area contributed by atoms with Crippen molar-refractivity contribution in [2.45, 2.75) is 70.9 Å². The lowest BCUT2D eigenvalue weighted by molar-refractivity contribution is -0.137. The van der Waals surface area contributed by atoms with Gasteiger partial charge >= 0.3 is 12.2 Å². The molecule has 0 radical (unpaired) electrons. The Morgan fingerprint density at radius 1 is 1.19 bits per heavy atom. The molecule has 3 rings (SSSR count). The smallest absolute Gasteiger partial charge is 0.391 e. The Labute approximate surface area is 215 Å². The number of halogens is 3. The van der Waals surface area contributed by atoms with E-state index in [1.165, 1.54) is 17.7 Å². The number of carbonyl (C=O) groups is 2. The first kappa shape index (κ1) is 28.5. The predicted octanol–water partition coefficient (Wildman–Crippen LogP) is 4.36. The number of hydrogen-bond donors (Lipinski definition) is 4. The van der Waals surface area contributed by atoms with Gasteiger partial charge in [-0.2, -0.15) is 13.2 Å². The Morgan fingerprint density at radius 3 is 2.62 bits per heavy atom. The van der Waals surface area contributed by atoms with Crippen LogP contribution in [0.5, 0.6) is 0 Å². The van der Waals surface area contributed by atoms with Gasteiger partial charge in [0.2, 0.25) is 5.91 Å². The minimum Gasteiger partial charge on any atom is -0.391 e. The van der Waals surface area contributed by atoms with Gasteiger partial charge in [0.15, 0.2) is 0 Å². The summed E-state index contributed by atoms with van der Waals surface area (Å²) < 4.78 is 38.8. The van der Waals surface area contributed by atoms with Gasteiger partial charge < -0.3 is 26.0 Å². The van der Waals surface area contributed by atoms with Gasteiger partial charge in [0.25, 0.3) is 0 Å². The third-order valence-electron chi connectivity index (χ3n) is 6.59. The number of rotatable bonds is 10. The van der Waals surface area contributed by atoms with Crippen molar-refractivity contribution in [3.63, 3.8) is 0 Å². The summed E-state index contributed by atoms with van der Waals surface area (Å²) in [6.07, 6.45) is -3.66. The predicted molar refractivity (Wildman–Crippen MR) is 136 cm³/mol. The maximum atomic E-state index is 13.1. The Morgan fingerprint density at radius 2 is 1.95 bits per heavy atom. The van der Waals surface area contributed by atoms with Gasteiger partial charge in [-0.15, -0.1) is 0 Å². The van der Waals surface area contributed by atoms with Crippen LogP contribution in [0.2, 0.25) is 0 Å². The fourth-order valence-electron chi connectivity index (χ4n) is 4.60. The minimum atomic E-state index is -4.53. The molecule has 7 nitrogen and oxygen atoms in total. The summed E-state index contributed by atoms with van der Waals surface area (Å²) in [6.45, 7) is 7.35. The summed E-state index contributed by atoms with van der Waals surface area (Å²) in [5.41, 5.74) is 2.56. The number of nitrogens with zero attached hydrogens (tertiary/aromatic N) is 1. The number of aliphatic hydroxyl groups excluding tert-OH is 1. The van der Waals surface area contributed by atoms with Gasteiger partial charge in [-0.3, -0.25) is 4.79 Å². The Hall–Kier alpha value is -3.11. The number of likely N-dealkylation sites (tertiary alicyclic amines) is 1. The second kappa shape index (κ2) is 12.4. The third kappa shape index (κ3) is 7.69. The Balaban J connectivity index is 1.61. The highest BCUT2D eigenvalue weighted by atomic mass is 19.4. The van der Waals surface area contributed by atoms with E-state index in [-0.39, 0.29) is 11.6 Å². The van der Waals surface area contributed by atoms with E-state index in [0.717, 1.165) is 29.7 Å². The molecular formula is C27H35F3N4O3. The lowest BCUT2D eigenvalue weighted by atomic mass is 10.0. The lowest BCUT2D eigenvalue weighted by Crippen LogP contribution is -2.52. The van der Waals surface area contributed by atoms with Crippen LogP contribution in [0, 0.1) is 13.8 Å². The molecule has 1 saturated heterocycles. The molecule has 0 aromatic heterocycles. The average molecular weight is 521 g/mol. The van der Waals surface area contributed by atoms with E-state index in [4.69, 9.17) is 0 Å². The molecular weight excluding hydrogens is 485 g/mol. The molecule has 0 bridgehead atoms. The van der Waals surface area contributed by atoms with Gasteiger partial charge in [-0.1, -0.05) is 43.2 Å². The number of anilines is 1. The summed E-state index contributed by atoms with van der Waals surface area (Å²) in [7, 11) is 0. The van der Waals surface area contributed by atoms with Gasteiger partial charge in [0.1, 0.15) is 6.04 Å². The van der Waals surface area contributed by atoms with E-state index >= 15 is 0 Å². The Bertz CT molecular complexity index is 1090. The molecule has 202 valence electrons. The second-order valence-corrected chi connectivity index (χ2v) is 9.53. The molecule has 0 spiro atoms. The summed E-state index contributed by atoms with van der Waals surface area (Å²) in [5, 5.41) is 19.1. The zero-order valence-corrected chi connectivity index (χ0v) is 21.4. The van der Waals surface area contributed by atoms with Gasteiger partial charge in [-0.05, 0) is 56.0 Å². The first-order valence-electron chi connectivity index (χ1n) is 12.5. The van der Waals surface area contributed by atoms with Crippen molar-refractivity contribution in [2.75, 3.05) is 18.4 Å². The molecule has 3 amide bonds. The highest BCUT2D eigenvalue weighted by molar-refractivity contribution is 5.94. The van der Waals surface area contributed by atoms with Crippen LogP contribution in [0.1, 0.15) is 48.4 Å². The maximum Gasteiger partial charge on any atom is 0.416 e. The van der Waals surface area contributed by atoms with Crippen LogP contribution in [0.4, 0.5) is 23.7 Å². The van der Waals surface area contributed by atoms with E-state index < -0.39 is 36.0 Å². The van der Waals surface area contributed by atoms with E-state index in [1.807, 2.05) is 26.8 Å². The van der Waals surface area contributed by atoms with Crippen molar-refractivity contribution in [3.05, 3.63) is 64.7 Å². The maximum absolute atomic E-state index is 13.1. The van der Waals surface area contributed by atoms with Crippen molar-refractivity contribution in [1.29, 1.82) is 0 Å². The average Bonchev–Trinajstić information content (AvgIpc) is 3.17. The van der Waals surface area contributed by atoms with Crippen molar-refractivity contribution in [2.24, 2.45) is 0 Å². The molecule has 2 aromatic rings. The number of carbonyl (C=O) groups excluding carboxylic acids is 2. The quantitative estimate of drug-likeness (QED) is 0.375. The molecule has 0 saturated carbocycles. The lowest BCUT2D eigenvalue weighted by Gasteiger charge is -2.32. The molecule has 0 unspecified atom stereocenters. The van der Waals surface area contributed by atoms with E-state index in [1.54, 1.807) is 4.90 Å². The Kier molecular flexibility index (Phi) is 9.56. The molecule has 1 aliphatic rings. The monoisotopic (exact) mass is 520 g/mol. The summed E-state index contributed by atoms with van der Waals surface area (Å²) in [4.78, 5) is 27.2. The van der Waals surface area contributed by atoms with Crippen LogP contribution in [-0.2, 0) is 17.5 Å². The van der Waals surface area contributed by atoms with Crippen LogP contribution in [0.25, 0.3) is 0 Å². The zero-order valence-electron chi connectivity index (χ0n) is 21.4. The van der Waals surface area contributed by atoms with Gasteiger partial charge in [0.05, 0.1) is 17.7 Å². The molecule has 1 aliphatic heterocycles. The highest BCUT2D eigenvalue weighted by Crippen LogP contribution is 2.30. The normalized spacial score (nSPS) is 17.5. The first-order valence-corrected chi connectivity index (χ1v) is 12.5. The molecule has 0 aliphatic carbocycles. The first-order chi connectivity index (χ1) is 17.5. The van der Waals surface area contributed by atoms with Gasteiger partial charge in [0, 0.05) is 25.3 Å². The van der Waals surface area contributed by atoms with Gasteiger partial charge in [-0.25, -0.2) is 4.79 Å². The number of hydrogen-bond acceptors (Lipinski definition) is 4. The molecule has 1 fully saturated rings. The standard InChI is InChI=1S/C27H35F3N4O3/c1-4-6-24(35)23(16-31-15-19-10-9-17(2)13-18(19)3)34-12-11-22(25(34)36)33-26(37)32-21-8-5-7-20(14-21)27(28,29)30/h5,7-10,13-14,22-24,31,35H,4,6,11-12,15-16H2,1-3H3,(H2,32,33,37)/t22-,23-,24-/m0/s1. The largest absolute Gasteiger partial charge is 0.416 e. The van der Waals surface area contributed by atoms with E-state index in [9.17, 15) is 27.9 Å². The zero-order chi connectivity index (χ0) is 27.2. The van der Waals surface area contributed by atoms with Crippen molar-refractivity contribution < 1.29 is 27.9 Å². The topological polar surface area (TPSA) is 93.7 Å². The fraction of sp³-hybridized carbons (Fsp3) is 0.481. The van der Waals surface area contributed by atoms with Crippen LogP contribution < -0.4 is 16.0 Å². The summed E-state index contributed by atoms with van der Waals surface area (Å²) in [5.74, 6) is -0.326. The molecule has 2 aromatic carbocycles. The molecule has 4 N–H and O–H groups in total. The summed E-state index contributed by atoms with van der Waals surface area (Å²) >= 11 is 0. The molecule has 37 heavy (non-hydrogen) atoms. The van der Waals surface area contributed by atoms with Crippen molar-refractivity contribution in [1.82, 2.24) is 15.5 Å². The third-order valence-corrected chi connectivity index (χ3v) is 6.59. The number of nitrogens with one attached hydrogen (secondary N) is 3. The minimum absolute atomic E-state index is 0.0264. The number of urea groups is 1. The van der Waals surface area contributed by atoms with Crippen molar-refractivity contribution >= 4 is 17.6 Å². The van der Waals surface area contributed by atoms with Crippen molar-refractivity contribution in [3.8, 4) is 0 Å². The SMILES string of the molecule is CCC[C@H](O)[C@H](CNCc1ccc(C)cc1C)N1CC[C@H](NC(=O)Nc2cccc(C(F)(F)F)c2)C1=O. The number of alkyl halides is 3. The number of aryl methyl sites for hydroxylation is 2. The highest BCUT2D eigenvalue weighted by Gasteiger charge is 2.39. The fourth-order valence-corrected chi connectivity index (χ4v) is 4.60.